The van der Waals surface area contributed by atoms with Gasteiger partial charge in [0.2, 0.25) is 0 Å². The molecule has 5 heteroatoms. The number of urea groups is 1. The molecule has 20 heavy (non-hydrogen) atoms. The zero-order valence-electron chi connectivity index (χ0n) is 12.4. The molecule has 2 amide bonds. The van der Waals surface area contributed by atoms with Gasteiger partial charge in [-0.1, -0.05) is 20.3 Å². The monoisotopic (exact) mass is 280 g/mol. The minimum atomic E-state index is -0.742. The van der Waals surface area contributed by atoms with Crippen molar-refractivity contribution in [3.63, 3.8) is 0 Å². The van der Waals surface area contributed by atoms with Crippen molar-refractivity contribution in [1.29, 1.82) is 0 Å². The van der Waals surface area contributed by atoms with E-state index < -0.39 is 5.97 Å². The molecular formula is C15H24N2O3. The van der Waals surface area contributed by atoms with E-state index in [4.69, 9.17) is 5.11 Å². The van der Waals surface area contributed by atoms with Crippen LogP contribution in [-0.4, -0.2) is 34.1 Å². The highest BCUT2D eigenvalue weighted by atomic mass is 16.4. The Labute approximate surface area is 120 Å². The molecule has 1 saturated carbocycles. The minimum Gasteiger partial charge on any atom is -0.481 e. The van der Waals surface area contributed by atoms with Crippen molar-refractivity contribution in [1.82, 2.24) is 10.2 Å². The van der Waals surface area contributed by atoms with E-state index in [2.05, 4.69) is 19.2 Å². The van der Waals surface area contributed by atoms with Crippen LogP contribution in [0.25, 0.3) is 0 Å². The van der Waals surface area contributed by atoms with Gasteiger partial charge in [0.25, 0.3) is 0 Å². The van der Waals surface area contributed by atoms with Gasteiger partial charge in [-0.3, -0.25) is 9.69 Å². The maximum atomic E-state index is 12.2. The van der Waals surface area contributed by atoms with Gasteiger partial charge in [0.15, 0.2) is 0 Å². The predicted octanol–water partition coefficient (Wildman–Crippen LogP) is 2.58. The molecule has 1 fully saturated rings. The van der Waals surface area contributed by atoms with E-state index in [1.807, 2.05) is 13.1 Å². The van der Waals surface area contributed by atoms with Crippen molar-refractivity contribution in [3.8, 4) is 0 Å². The van der Waals surface area contributed by atoms with Gasteiger partial charge in [-0.2, -0.15) is 0 Å². The number of hydrogen-bond acceptors (Lipinski definition) is 2. The van der Waals surface area contributed by atoms with E-state index in [1.165, 1.54) is 5.57 Å². The van der Waals surface area contributed by atoms with Crippen LogP contribution in [0.15, 0.2) is 11.8 Å². The molecule has 2 unspecified atom stereocenters. The molecule has 0 bridgehead atoms. The van der Waals surface area contributed by atoms with E-state index in [-0.39, 0.29) is 24.0 Å². The van der Waals surface area contributed by atoms with Gasteiger partial charge in [0.05, 0.1) is 12.0 Å². The maximum absolute atomic E-state index is 12.2. The summed E-state index contributed by atoms with van der Waals surface area (Å²) in [5.74, 6) is -0.697. The van der Waals surface area contributed by atoms with Gasteiger partial charge < -0.3 is 10.4 Å². The fourth-order valence-corrected chi connectivity index (χ4v) is 3.24. The standard InChI is InChI=1S/C15H24N2O3/c1-9(2)13-8-17(15(20)16-10(13)3)12-6-4-5-11(7-12)14(18)19/h8-12H,4-7H2,1-3H3,(H,16,20)(H,18,19)/t10-,11?,12?/m1/s1. The molecular weight excluding hydrogens is 256 g/mol. The van der Waals surface area contributed by atoms with Crippen molar-refractivity contribution in [3.05, 3.63) is 11.8 Å². The lowest BCUT2D eigenvalue weighted by Gasteiger charge is -2.39. The second-order valence-corrected chi connectivity index (χ2v) is 6.22. The molecule has 0 radical (unpaired) electrons. The molecule has 0 aromatic carbocycles. The second-order valence-electron chi connectivity index (χ2n) is 6.22. The summed E-state index contributed by atoms with van der Waals surface area (Å²) in [6, 6.07) is -0.0401. The van der Waals surface area contributed by atoms with Gasteiger partial charge in [-0.25, -0.2) is 4.79 Å². The van der Waals surface area contributed by atoms with Gasteiger partial charge in [-0.15, -0.1) is 0 Å². The van der Waals surface area contributed by atoms with Crippen LogP contribution in [0.4, 0.5) is 4.79 Å². The van der Waals surface area contributed by atoms with Gasteiger partial charge in [0, 0.05) is 12.2 Å². The van der Waals surface area contributed by atoms with Crippen LogP contribution in [0.2, 0.25) is 0 Å². The van der Waals surface area contributed by atoms with E-state index in [0.29, 0.717) is 12.3 Å². The highest BCUT2D eigenvalue weighted by Crippen LogP contribution is 2.31. The molecule has 0 spiro atoms. The van der Waals surface area contributed by atoms with E-state index >= 15 is 0 Å². The summed E-state index contributed by atoms with van der Waals surface area (Å²) in [6.45, 7) is 6.21. The lowest BCUT2D eigenvalue weighted by Crippen LogP contribution is -2.52. The summed E-state index contributed by atoms with van der Waals surface area (Å²) in [7, 11) is 0. The topological polar surface area (TPSA) is 69.6 Å². The third-order valence-electron chi connectivity index (χ3n) is 4.42. The van der Waals surface area contributed by atoms with Crippen LogP contribution >= 0.6 is 0 Å². The van der Waals surface area contributed by atoms with E-state index in [0.717, 1.165) is 19.3 Å². The quantitative estimate of drug-likeness (QED) is 0.834. The molecule has 0 aromatic heterocycles. The second kappa shape index (κ2) is 5.85. The van der Waals surface area contributed by atoms with Gasteiger partial charge >= 0.3 is 12.0 Å². The minimum absolute atomic E-state index is 0.00565. The highest BCUT2D eigenvalue weighted by Gasteiger charge is 2.35. The molecule has 2 rings (SSSR count). The molecule has 0 saturated heterocycles. The summed E-state index contributed by atoms with van der Waals surface area (Å²) in [4.78, 5) is 25.1. The summed E-state index contributed by atoms with van der Waals surface area (Å²) in [5, 5.41) is 12.1. The first-order valence-electron chi connectivity index (χ1n) is 7.43. The number of rotatable bonds is 3. The average molecular weight is 280 g/mol. The van der Waals surface area contributed by atoms with Crippen molar-refractivity contribution >= 4 is 12.0 Å². The van der Waals surface area contributed by atoms with Crippen molar-refractivity contribution in [2.24, 2.45) is 11.8 Å². The Bertz CT molecular complexity index is 431. The Kier molecular flexibility index (Phi) is 4.35. The van der Waals surface area contributed by atoms with Crippen LogP contribution in [0.3, 0.4) is 0 Å². The Morgan fingerprint density at radius 1 is 1.45 bits per heavy atom. The van der Waals surface area contributed by atoms with Crippen LogP contribution in [-0.2, 0) is 4.79 Å². The fourth-order valence-electron chi connectivity index (χ4n) is 3.24. The fraction of sp³-hybridized carbons (Fsp3) is 0.733. The van der Waals surface area contributed by atoms with E-state index in [1.54, 1.807) is 4.90 Å². The molecule has 1 aliphatic heterocycles. The SMILES string of the molecule is CC(C)C1=CN(C2CCCC(C(=O)O)C2)C(=O)N[C@@H]1C. The lowest BCUT2D eigenvalue weighted by atomic mass is 9.84. The molecule has 112 valence electrons. The number of carbonyl (C=O) groups excluding carboxylic acids is 1. The molecule has 2 N–H and O–H groups in total. The molecule has 1 aliphatic carbocycles. The maximum Gasteiger partial charge on any atom is 0.322 e. The molecule has 0 aromatic rings. The first-order chi connectivity index (χ1) is 9.40. The molecule has 3 atom stereocenters. The van der Waals surface area contributed by atoms with Crippen molar-refractivity contribution < 1.29 is 14.7 Å². The van der Waals surface area contributed by atoms with Crippen molar-refractivity contribution in [2.75, 3.05) is 0 Å². The zero-order chi connectivity index (χ0) is 14.9. The molecule has 5 nitrogen and oxygen atoms in total. The summed E-state index contributed by atoms with van der Waals surface area (Å²) >= 11 is 0. The van der Waals surface area contributed by atoms with Crippen LogP contribution in [0.5, 0.6) is 0 Å². The molecule has 2 aliphatic rings. The Morgan fingerprint density at radius 3 is 2.75 bits per heavy atom. The first-order valence-corrected chi connectivity index (χ1v) is 7.43. The van der Waals surface area contributed by atoms with Gasteiger partial charge in [-0.05, 0) is 37.7 Å². The van der Waals surface area contributed by atoms with Crippen LogP contribution in [0.1, 0.15) is 46.5 Å². The number of carboxylic acids is 1. The summed E-state index contributed by atoms with van der Waals surface area (Å²) < 4.78 is 0. The lowest BCUT2D eigenvalue weighted by molar-refractivity contribution is -0.143. The van der Waals surface area contributed by atoms with Crippen molar-refractivity contribution in [2.45, 2.75) is 58.5 Å². The first kappa shape index (κ1) is 14.9. The number of aliphatic carboxylic acids is 1. The number of amides is 2. The number of nitrogens with zero attached hydrogens (tertiary/aromatic N) is 1. The molecule has 1 heterocycles. The number of hydrogen-bond donors (Lipinski definition) is 2. The average Bonchev–Trinajstić information content (AvgIpc) is 2.38. The zero-order valence-corrected chi connectivity index (χ0v) is 12.4. The largest absolute Gasteiger partial charge is 0.481 e. The van der Waals surface area contributed by atoms with Crippen LogP contribution < -0.4 is 5.32 Å². The van der Waals surface area contributed by atoms with E-state index in [9.17, 15) is 9.59 Å². The number of nitrogens with one attached hydrogen (secondary N) is 1. The number of carboxylic acid groups (broad SMARTS) is 1. The summed E-state index contributed by atoms with van der Waals surface area (Å²) in [6.07, 6.45) is 4.97. The Morgan fingerprint density at radius 2 is 2.15 bits per heavy atom. The third kappa shape index (κ3) is 2.97. The highest BCUT2D eigenvalue weighted by molar-refractivity contribution is 5.78. The normalized spacial score (nSPS) is 31.0. The van der Waals surface area contributed by atoms with Gasteiger partial charge in [0.1, 0.15) is 0 Å². The third-order valence-corrected chi connectivity index (χ3v) is 4.42. The Hall–Kier alpha value is -1.52. The van der Waals surface area contributed by atoms with Crippen LogP contribution in [0, 0.1) is 11.8 Å². The smallest absolute Gasteiger partial charge is 0.322 e. The number of carbonyl (C=O) groups is 2. The summed E-state index contributed by atoms with van der Waals surface area (Å²) in [5.41, 5.74) is 1.20. The Balaban J connectivity index is 2.17. The predicted molar refractivity (Wildman–Crippen MR) is 76.1 cm³/mol.